The first kappa shape index (κ1) is 25.2. The normalized spacial score (nSPS) is 17.5. The number of halogens is 1. The lowest BCUT2D eigenvalue weighted by molar-refractivity contribution is 0.417. The van der Waals surface area contributed by atoms with Gasteiger partial charge >= 0.3 is 0 Å². The van der Waals surface area contributed by atoms with Crippen LogP contribution in [0, 0.1) is 0 Å². The van der Waals surface area contributed by atoms with Crippen LogP contribution in [0.15, 0.2) is 89.7 Å². The number of aromatic nitrogens is 2. The molecule has 2 atom stereocenters. The Labute approximate surface area is 229 Å². The van der Waals surface area contributed by atoms with Gasteiger partial charge in [-0.05, 0) is 78.9 Å². The molecule has 0 aliphatic carbocycles. The predicted octanol–water partition coefficient (Wildman–Crippen LogP) is 5.19. The molecule has 4 aromatic rings. The van der Waals surface area contributed by atoms with E-state index in [-0.39, 0.29) is 12.1 Å². The fourth-order valence-electron chi connectivity index (χ4n) is 4.53. The van der Waals surface area contributed by atoms with Crippen molar-refractivity contribution in [2.75, 3.05) is 23.0 Å². The third-order valence-electron chi connectivity index (χ3n) is 6.04. The summed E-state index contributed by atoms with van der Waals surface area (Å²) in [5, 5.41) is 3.95. The van der Waals surface area contributed by atoms with E-state index in [0.29, 0.717) is 22.2 Å². The van der Waals surface area contributed by atoms with E-state index in [9.17, 15) is 8.42 Å². The van der Waals surface area contributed by atoms with Gasteiger partial charge in [0, 0.05) is 33.9 Å². The largest absolute Gasteiger partial charge is 0.495 e. The minimum atomic E-state index is -3.54. The topological polar surface area (TPSA) is 88.5 Å². The number of benzene rings is 2. The lowest BCUT2D eigenvalue weighted by Crippen LogP contribution is -2.30. The Morgan fingerprint density at radius 1 is 1.05 bits per heavy atom. The molecule has 37 heavy (non-hydrogen) atoms. The molecule has 190 valence electrons. The second-order valence-electron chi connectivity index (χ2n) is 8.53. The minimum Gasteiger partial charge on any atom is -0.495 e. The second-order valence-corrected chi connectivity index (χ2v) is 11.6. The third-order valence-corrected chi connectivity index (χ3v) is 7.48. The molecule has 0 bridgehead atoms. The van der Waals surface area contributed by atoms with Gasteiger partial charge < -0.3 is 19.5 Å². The van der Waals surface area contributed by atoms with Crippen LogP contribution in [0.2, 0.25) is 0 Å². The highest BCUT2D eigenvalue weighted by atomic mass is 79.9. The summed E-state index contributed by atoms with van der Waals surface area (Å²) in [6.07, 6.45) is 4.87. The van der Waals surface area contributed by atoms with Crippen molar-refractivity contribution in [3.8, 4) is 11.4 Å². The number of nitrogens with one attached hydrogen (secondary N) is 2. The quantitative estimate of drug-likeness (QED) is 0.283. The van der Waals surface area contributed by atoms with Crippen LogP contribution in [0.5, 0.6) is 5.75 Å². The number of anilines is 2. The van der Waals surface area contributed by atoms with Gasteiger partial charge in [0.05, 0.1) is 30.8 Å². The van der Waals surface area contributed by atoms with E-state index in [1.165, 1.54) is 7.11 Å². The molecule has 2 aromatic carbocycles. The number of rotatable bonds is 7. The molecule has 1 fully saturated rings. The number of ether oxygens (including phenoxy) is 1. The molecule has 0 spiro atoms. The molecular weight excluding hydrogens is 574 g/mol. The Hall–Kier alpha value is -3.41. The van der Waals surface area contributed by atoms with Crippen molar-refractivity contribution < 1.29 is 13.2 Å². The van der Waals surface area contributed by atoms with Crippen LogP contribution in [0.3, 0.4) is 0 Å². The van der Waals surface area contributed by atoms with Gasteiger partial charge in [0.15, 0.2) is 5.11 Å². The Bertz CT molecular complexity index is 1540. The summed E-state index contributed by atoms with van der Waals surface area (Å²) in [6, 6.07) is 22.7. The third kappa shape index (κ3) is 5.20. The van der Waals surface area contributed by atoms with Gasteiger partial charge in [0.2, 0.25) is 10.0 Å². The molecule has 1 aliphatic heterocycles. The van der Waals surface area contributed by atoms with Crippen LogP contribution < -0.4 is 19.7 Å². The van der Waals surface area contributed by atoms with Crippen molar-refractivity contribution in [1.29, 1.82) is 0 Å². The smallest absolute Gasteiger partial charge is 0.229 e. The molecule has 3 heterocycles. The maximum Gasteiger partial charge on any atom is 0.229 e. The molecule has 0 amide bonds. The molecule has 11 heteroatoms. The summed E-state index contributed by atoms with van der Waals surface area (Å²) in [6.45, 7) is 0. The molecule has 2 aromatic heterocycles. The number of sulfonamides is 1. The lowest BCUT2D eigenvalue weighted by Gasteiger charge is -2.29. The Kier molecular flexibility index (Phi) is 6.93. The first-order chi connectivity index (χ1) is 17.7. The highest BCUT2D eigenvalue weighted by Gasteiger charge is 2.42. The highest BCUT2D eigenvalue weighted by molar-refractivity contribution is 9.10. The Balaban J connectivity index is 1.66. The molecule has 0 saturated carbocycles. The van der Waals surface area contributed by atoms with Gasteiger partial charge in [0.1, 0.15) is 11.8 Å². The number of thiocarbonyl (C=S) groups is 1. The molecule has 2 N–H and O–H groups in total. The van der Waals surface area contributed by atoms with E-state index < -0.39 is 10.0 Å². The van der Waals surface area contributed by atoms with Crippen LogP contribution in [0.25, 0.3) is 5.69 Å². The lowest BCUT2D eigenvalue weighted by atomic mass is 10.0. The van der Waals surface area contributed by atoms with Gasteiger partial charge in [-0.15, -0.1) is 0 Å². The van der Waals surface area contributed by atoms with Gasteiger partial charge in [0.25, 0.3) is 0 Å². The summed E-state index contributed by atoms with van der Waals surface area (Å²) in [5.74, 6) is 0.406. The molecule has 5 rings (SSSR count). The number of nitrogens with zero attached hydrogens (tertiary/aromatic N) is 3. The predicted molar refractivity (Wildman–Crippen MR) is 153 cm³/mol. The average molecular weight is 599 g/mol. The Morgan fingerprint density at radius 3 is 2.49 bits per heavy atom. The van der Waals surface area contributed by atoms with Crippen molar-refractivity contribution in [3.05, 3.63) is 101 Å². The molecule has 8 nitrogen and oxygen atoms in total. The average Bonchev–Trinajstić information content (AvgIpc) is 3.48. The maximum atomic E-state index is 12.0. The van der Waals surface area contributed by atoms with Crippen LogP contribution in [0.1, 0.15) is 23.5 Å². The van der Waals surface area contributed by atoms with Gasteiger partial charge in [-0.3, -0.25) is 9.71 Å². The number of hydrogen-bond acceptors (Lipinski definition) is 5. The molecule has 0 radical (unpaired) electrons. The van der Waals surface area contributed by atoms with Gasteiger partial charge in [-0.25, -0.2) is 8.42 Å². The second kappa shape index (κ2) is 10.2. The van der Waals surface area contributed by atoms with E-state index >= 15 is 0 Å². The molecular formula is C26H24BrN5O3S2. The van der Waals surface area contributed by atoms with E-state index in [4.69, 9.17) is 17.0 Å². The van der Waals surface area contributed by atoms with E-state index in [1.807, 2.05) is 65.7 Å². The van der Waals surface area contributed by atoms with Crippen LogP contribution in [-0.4, -0.2) is 36.4 Å². The van der Waals surface area contributed by atoms with Crippen LogP contribution >= 0.6 is 28.1 Å². The first-order valence-electron chi connectivity index (χ1n) is 11.3. The standard InChI is InChI=1S/C26H24BrN5O3S2/c1-35-23-13-12-19(16-21(23)30-37(2,33)34)32-25(24(29-26(32)36)20-6-3-4-14-28-20)22-7-5-15-31(22)18-10-8-17(27)9-11-18/h3-16,24-25,30H,1-2H3,(H,29,36)/t24-,25+/m1/s1. The zero-order valence-electron chi connectivity index (χ0n) is 20.0. The monoisotopic (exact) mass is 597 g/mol. The minimum absolute atomic E-state index is 0.258. The van der Waals surface area contributed by atoms with Crippen molar-refractivity contribution >= 4 is 54.7 Å². The fourth-order valence-corrected chi connectivity index (χ4v) is 5.70. The Morgan fingerprint density at radius 2 is 1.81 bits per heavy atom. The summed E-state index contributed by atoms with van der Waals surface area (Å²) in [4.78, 5) is 6.61. The van der Waals surface area contributed by atoms with Gasteiger partial charge in [-0.2, -0.15) is 0 Å². The molecule has 0 unspecified atom stereocenters. The maximum absolute atomic E-state index is 12.0. The first-order valence-corrected chi connectivity index (χ1v) is 14.4. The number of hydrogen-bond donors (Lipinski definition) is 2. The number of methoxy groups -OCH3 is 1. The molecule has 1 aliphatic rings. The van der Waals surface area contributed by atoms with Crippen LogP contribution in [-0.2, 0) is 10.0 Å². The fraction of sp³-hybridized carbons (Fsp3) is 0.154. The summed E-state index contributed by atoms with van der Waals surface area (Å²) in [5.41, 5.74) is 3.85. The summed E-state index contributed by atoms with van der Waals surface area (Å²) >= 11 is 9.35. The zero-order chi connectivity index (χ0) is 26.2. The number of pyridine rings is 1. The van der Waals surface area contributed by atoms with Crippen molar-refractivity contribution in [2.24, 2.45) is 0 Å². The SMILES string of the molecule is COc1ccc(N2C(=S)N[C@H](c3ccccn3)[C@@H]2c2cccn2-c2ccc(Br)cc2)cc1NS(C)(=O)=O. The summed E-state index contributed by atoms with van der Waals surface area (Å²) in [7, 11) is -2.04. The van der Waals surface area contributed by atoms with Crippen molar-refractivity contribution in [1.82, 2.24) is 14.9 Å². The van der Waals surface area contributed by atoms with Crippen molar-refractivity contribution in [2.45, 2.75) is 12.1 Å². The zero-order valence-corrected chi connectivity index (χ0v) is 23.2. The van der Waals surface area contributed by atoms with Crippen LogP contribution in [0.4, 0.5) is 11.4 Å². The molecule has 1 saturated heterocycles. The summed E-state index contributed by atoms with van der Waals surface area (Å²) < 4.78 is 35.2. The van der Waals surface area contributed by atoms with Crippen molar-refractivity contribution in [3.63, 3.8) is 0 Å². The van der Waals surface area contributed by atoms with E-state index in [0.717, 1.165) is 27.8 Å². The van der Waals surface area contributed by atoms with Gasteiger partial charge in [-0.1, -0.05) is 22.0 Å². The van der Waals surface area contributed by atoms with E-state index in [2.05, 4.69) is 41.6 Å². The highest BCUT2D eigenvalue weighted by Crippen LogP contribution is 2.44. The van der Waals surface area contributed by atoms with E-state index in [1.54, 1.807) is 18.3 Å².